The molecule has 98 valence electrons. The second kappa shape index (κ2) is 3.72. The highest BCUT2D eigenvalue weighted by atomic mass is 16.1. The number of carbonyl (C=O) groups is 1. The van der Waals surface area contributed by atoms with E-state index >= 15 is 0 Å². The van der Waals surface area contributed by atoms with E-state index in [9.17, 15) is 4.79 Å². The molecule has 0 bridgehead atoms. The molecule has 0 unspecified atom stereocenters. The van der Waals surface area contributed by atoms with E-state index in [1.54, 1.807) is 0 Å². The lowest BCUT2D eigenvalue weighted by molar-refractivity contribution is 0.0893. The molecule has 2 nitrogen and oxygen atoms in total. The van der Waals surface area contributed by atoms with Crippen LogP contribution in [0.5, 0.6) is 0 Å². The molecular formula is C16H23NO. The Labute approximate surface area is 109 Å². The summed E-state index contributed by atoms with van der Waals surface area (Å²) in [5.74, 6) is 0.338. The summed E-state index contributed by atoms with van der Waals surface area (Å²) in [4.78, 5) is 12.2. The number of Topliss-reactive ketones (excluding diaryl/α,β-unsaturated/α-hetero) is 1. The molecule has 0 N–H and O–H groups in total. The second-order valence-corrected chi connectivity index (χ2v) is 6.92. The Bertz CT molecular complexity index is 486. The topological polar surface area (TPSA) is 22.0 Å². The summed E-state index contributed by atoms with van der Waals surface area (Å²) in [6.45, 7) is 6.70. The van der Waals surface area contributed by atoms with Crippen LogP contribution >= 0.6 is 0 Å². The van der Waals surface area contributed by atoms with E-state index in [0.717, 1.165) is 12.0 Å². The zero-order valence-corrected chi connectivity index (χ0v) is 11.8. The van der Waals surface area contributed by atoms with Crippen molar-refractivity contribution in [2.75, 3.05) is 0 Å². The van der Waals surface area contributed by atoms with E-state index < -0.39 is 0 Å². The third-order valence-electron chi connectivity index (χ3n) is 5.03. The van der Waals surface area contributed by atoms with Crippen LogP contribution < -0.4 is 0 Å². The van der Waals surface area contributed by atoms with Crippen molar-refractivity contribution in [1.29, 1.82) is 0 Å². The van der Waals surface area contributed by atoms with Gasteiger partial charge >= 0.3 is 0 Å². The molecule has 1 saturated carbocycles. The number of fused-ring (bicyclic) bond motifs is 1. The fourth-order valence-corrected chi connectivity index (χ4v) is 3.74. The smallest absolute Gasteiger partial charge is 0.165 e. The number of aromatic nitrogens is 1. The zero-order chi connectivity index (χ0) is 13.0. The van der Waals surface area contributed by atoms with Gasteiger partial charge in [0.05, 0.1) is 0 Å². The molecule has 1 fully saturated rings. The van der Waals surface area contributed by atoms with E-state index in [1.165, 1.54) is 31.4 Å². The Hall–Kier alpha value is -1.05. The molecule has 1 aromatic heterocycles. The molecule has 2 aliphatic rings. The highest BCUT2D eigenvalue weighted by Gasteiger charge is 2.41. The van der Waals surface area contributed by atoms with Crippen molar-refractivity contribution in [2.24, 2.45) is 5.41 Å². The number of hydrogen-bond donors (Lipinski definition) is 0. The highest BCUT2D eigenvalue weighted by Crippen LogP contribution is 2.46. The summed E-state index contributed by atoms with van der Waals surface area (Å²) in [6, 6.07) is 2.06. The second-order valence-electron chi connectivity index (χ2n) is 6.92. The van der Waals surface area contributed by atoms with E-state index in [1.807, 2.05) is 0 Å². The van der Waals surface area contributed by atoms with Crippen molar-refractivity contribution in [1.82, 2.24) is 4.57 Å². The molecule has 0 aliphatic heterocycles. The maximum Gasteiger partial charge on any atom is 0.165 e. The van der Waals surface area contributed by atoms with Gasteiger partial charge in [-0.15, -0.1) is 0 Å². The van der Waals surface area contributed by atoms with Gasteiger partial charge in [0, 0.05) is 29.4 Å². The predicted octanol–water partition coefficient (Wildman–Crippen LogP) is 3.93. The summed E-state index contributed by atoms with van der Waals surface area (Å²) in [5, 5.41) is 0. The number of hydrogen-bond acceptors (Lipinski definition) is 1. The minimum atomic E-state index is 0.124. The first-order chi connectivity index (χ1) is 8.47. The van der Waals surface area contributed by atoms with Gasteiger partial charge in [0.1, 0.15) is 0 Å². The van der Waals surface area contributed by atoms with Gasteiger partial charge < -0.3 is 4.57 Å². The molecule has 0 radical (unpaired) electrons. The molecule has 18 heavy (non-hydrogen) atoms. The van der Waals surface area contributed by atoms with Gasteiger partial charge in [0.2, 0.25) is 0 Å². The lowest BCUT2D eigenvalue weighted by atomic mass is 9.72. The van der Waals surface area contributed by atoms with Crippen LogP contribution in [0.25, 0.3) is 0 Å². The third-order valence-corrected chi connectivity index (χ3v) is 5.03. The Morgan fingerprint density at radius 3 is 2.56 bits per heavy atom. The number of ketones is 1. The first-order valence-corrected chi connectivity index (χ1v) is 7.21. The average Bonchev–Trinajstić information content (AvgIpc) is 2.60. The van der Waals surface area contributed by atoms with Crippen molar-refractivity contribution >= 4 is 5.78 Å². The molecule has 1 heterocycles. The maximum absolute atomic E-state index is 12.2. The van der Waals surface area contributed by atoms with Gasteiger partial charge in [-0.3, -0.25) is 4.79 Å². The fourth-order valence-electron chi connectivity index (χ4n) is 3.74. The van der Waals surface area contributed by atoms with Crippen LogP contribution in [0.4, 0.5) is 0 Å². The summed E-state index contributed by atoms with van der Waals surface area (Å²) < 4.78 is 2.45. The summed E-state index contributed by atoms with van der Waals surface area (Å²) in [5.41, 5.74) is 2.74. The minimum Gasteiger partial charge on any atom is -0.345 e. The normalized spacial score (nSPS) is 24.5. The summed E-state index contributed by atoms with van der Waals surface area (Å²) >= 11 is 0. The summed E-state index contributed by atoms with van der Waals surface area (Å²) in [6.07, 6.45) is 8.98. The molecule has 0 atom stereocenters. The Balaban J connectivity index is 2.07. The maximum atomic E-state index is 12.2. The van der Waals surface area contributed by atoms with Crippen molar-refractivity contribution in [3.63, 3.8) is 0 Å². The van der Waals surface area contributed by atoms with Crippen molar-refractivity contribution in [2.45, 2.75) is 64.8 Å². The monoisotopic (exact) mass is 245 g/mol. The van der Waals surface area contributed by atoms with Crippen LogP contribution in [0, 0.1) is 5.41 Å². The molecule has 1 aromatic rings. The number of nitrogens with zero attached hydrogens (tertiary/aromatic N) is 1. The van der Waals surface area contributed by atoms with Crippen LogP contribution in [0.2, 0.25) is 0 Å². The van der Waals surface area contributed by atoms with Crippen LogP contribution in [0.1, 0.15) is 68.9 Å². The number of carbonyl (C=O) groups excluding carboxylic acids is 1. The molecule has 3 rings (SSSR count). The SMILES string of the molecule is CCC1(n2ccc3c2CC(C)(C)CC3=O)CCC1. The molecule has 0 spiro atoms. The molecule has 2 aliphatic carbocycles. The van der Waals surface area contributed by atoms with E-state index in [4.69, 9.17) is 0 Å². The first kappa shape index (κ1) is 12.0. The van der Waals surface area contributed by atoms with E-state index in [0.29, 0.717) is 17.7 Å². The van der Waals surface area contributed by atoms with Crippen LogP contribution in [-0.2, 0) is 12.0 Å². The Morgan fingerprint density at radius 1 is 1.28 bits per heavy atom. The van der Waals surface area contributed by atoms with Gasteiger partial charge in [-0.05, 0) is 43.6 Å². The highest BCUT2D eigenvalue weighted by molar-refractivity contribution is 5.98. The third kappa shape index (κ3) is 1.58. The van der Waals surface area contributed by atoms with Crippen molar-refractivity contribution in [3.8, 4) is 0 Å². The van der Waals surface area contributed by atoms with Gasteiger partial charge in [0.25, 0.3) is 0 Å². The van der Waals surface area contributed by atoms with E-state index in [2.05, 4.69) is 37.6 Å². The molecular weight excluding hydrogens is 222 g/mol. The first-order valence-electron chi connectivity index (χ1n) is 7.21. The van der Waals surface area contributed by atoms with Crippen LogP contribution in [-0.4, -0.2) is 10.4 Å². The standard InChI is InChI=1S/C16H23NO/c1-4-16(7-5-8-16)17-9-6-12-13(17)10-15(2,3)11-14(12)18/h6,9H,4-5,7-8,10-11H2,1-3H3. The quantitative estimate of drug-likeness (QED) is 0.773. The predicted molar refractivity (Wildman–Crippen MR) is 73.0 cm³/mol. The molecule has 0 amide bonds. The minimum absolute atomic E-state index is 0.124. The van der Waals surface area contributed by atoms with Gasteiger partial charge in [0.15, 0.2) is 5.78 Å². The van der Waals surface area contributed by atoms with Gasteiger partial charge in [-0.1, -0.05) is 20.8 Å². The van der Waals surface area contributed by atoms with Crippen LogP contribution in [0.3, 0.4) is 0 Å². The zero-order valence-electron chi connectivity index (χ0n) is 11.8. The van der Waals surface area contributed by atoms with Crippen LogP contribution in [0.15, 0.2) is 12.3 Å². The Kier molecular flexibility index (Phi) is 2.48. The molecule has 0 saturated heterocycles. The van der Waals surface area contributed by atoms with Gasteiger partial charge in [-0.2, -0.15) is 0 Å². The lowest BCUT2D eigenvalue weighted by Crippen LogP contribution is -2.42. The fraction of sp³-hybridized carbons (Fsp3) is 0.688. The van der Waals surface area contributed by atoms with Crippen molar-refractivity contribution in [3.05, 3.63) is 23.5 Å². The molecule has 2 heteroatoms. The molecule has 0 aromatic carbocycles. The Morgan fingerprint density at radius 2 is 2.00 bits per heavy atom. The van der Waals surface area contributed by atoms with E-state index in [-0.39, 0.29) is 5.41 Å². The summed E-state index contributed by atoms with van der Waals surface area (Å²) in [7, 11) is 0. The van der Waals surface area contributed by atoms with Crippen molar-refractivity contribution < 1.29 is 4.79 Å². The average molecular weight is 245 g/mol. The lowest BCUT2D eigenvalue weighted by Gasteiger charge is -2.45. The van der Waals surface area contributed by atoms with Gasteiger partial charge in [-0.25, -0.2) is 0 Å². The number of rotatable bonds is 2. The largest absolute Gasteiger partial charge is 0.345 e.